The first kappa shape index (κ1) is 13.4. The van der Waals surface area contributed by atoms with Crippen molar-refractivity contribution in [3.05, 3.63) is 26.9 Å². The van der Waals surface area contributed by atoms with Gasteiger partial charge in [-0.3, -0.25) is 14.9 Å². The Kier molecular flexibility index (Phi) is 4.38. The average Bonchev–Trinajstić information content (AvgIpc) is 2.25. The third-order valence-electron chi connectivity index (χ3n) is 2.03. The van der Waals surface area contributed by atoms with Crippen molar-refractivity contribution in [1.29, 1.82) is 0 Å². The number of carbonyl (C=O) groups is 1. The predicted molar refractivity (Wildman–Crippen MR) is 64.1 cm³/mol. The zero-order valence-corrected chi connectivity index (χ0v) is 10.5. The highest BCUT2D eigenvalue weighted by Gasteiger charge is 2.16. The molecule has 0 aliphatic rings. The van der Waals surface area contributed by atoms with Crippen molar-refractivity contribution >= 4 is 33.4 Å². The van der Waals surface area contributed by atoms with Crippen molar-refractivity contribution < 1.29 is 14.8 Å². The Morgan fingerprint density at radius 3 is 2.76 bits per heavy atom. The van der Waals surface area contributed by atoms with E-state index in [0.717, 1.165) is 6.20 Å². The molecule has 0 aromatic carbocycles. The van der Waals surface area contributed by atoms with E-state index in [9.17, 15) is 14.9 Å². The Labute approximate surface area is 105 Å². The fourth-order valence-electron chi connectivity index (χ4n) is 1.25. The van der Waals surface area contributed by atoms with Gasteiger partial charge in [-0.15, -0.1) is 0 Å². The monoisotopic (exact) mass is 303 g/mol. The van der Waals surface area contributed by atoms with Crippen LogP contribution in [0.5, 0.6) is 0 Å². The maximum absolute atomic E-state index is 10.6. The van der Waals surface area contributed by atoms with Crippen molar-refractivity contribution in [2.75, 3.05) is 18.0 Å². The van der Waals surface area contributed by atoms with Gasteiger partial charge in [0.15, 0.2) is 0 Å². The largest absolute Gasteiger partial charge is 0.480 e. The van der Waals surface area contributed by atoms with Gasteiger partial charge < -0.3 is 10.0 Å². The molecule has 1 rings (SSSR count). The number of aromatic nitrogens is 1. The van der Waals surface area contributed by atoms with Gasteiger partial charge in [-0.05, 0) is 22.9 Å². The van der Waals surface area contributed by atoms with E-state index in [1.165, 1.54) is 11.0 Å². The molecule has 0 bridgehead atoms. The summed E-state index contributed by atoms with van der Waals surface area (Å²) in [4.78, 5) is 26.0. The summed E-state index contributed by atoms with van der Waals surface area (Å²) in [5.41, 5.74) is -0.146. The average molecular weight is 304 g/mol. The third kappa shape index (κ3) is 3.38. The summed E-state index contributed by atoms with van der Waals surface area (Å²) < 4.78 is 0.398. The molecule has 1 heterocycles. The van der Waals surface area contributed by atoms with E-state index in [-0.39, 0.29) is 12.2 Å². The zero-order chi connectivity index (χ0) is 13.0. The number of aliphatic carboxylic acids is 1. The van der Waals surface area contributed by atoms with E-state index >= 15 is 0 Å². The van der Waals surface area contributed by atoms with Gasteiger partial charge >= 0.3 is 5.97 Å². The van der Waals surface area contributed by atoms with Crippen LogP contribution in [0.4, 0.5) is 11.5 Å². The minimum Gasteiger partial charge on any atom is -0.480 e. The number of pyridine rings is 1. The molecule has 0 aliphatic carbocycles. The van der Waals surface area contributed by atoms with E-state index < -0.39 is 10.9 Å². The second-order valence-electron chi connectivity index (χ2n) is 3.16. The first-order chi connectivity index (χ1) is 7.95. The number of carboxylic acids is 1. The van der Waals surface area contributed by atoms with E-state index in [1.54, 1.807) is 6.92 Å². The van der Waals surface area contributed by atoms with Gasteiger partial charge in [0.2, 0.25) is 0 Å². The Hall–Kier alpha value is -1.70. The van der Waals surface area contributed by atoms with Crippen molar-refractivity contribution in [3.8, 4) is 0 Å². The van der Waals surface area contributed by atoms with Crippen LogP contribution in [0.15, 0.2) is 16.7 Å². The third-order valence-corrected chi connectivity index (χ3v) is 2.61. The van der Waals surface area contributed by atoms with Gasteiger partial charge in [-0.2, -0.15) is 0 Å². The number of carboxylic acid groups (broad SMARTS) is 1. The fraction of sp³-hybridized carbons (Fsp3) is 0.333. The summed E-state index contributed by atoms with van der Waals surface area (Å²) in [7, 11) is 0. The molecular weight excluding hydrogens is 294 g/mol. The summed E-state index contributed by atoms with van der Waals surface area (Å²) in [5, 5.41) is 19.2. The topological polar surface area (TPSA) is 96.6 Å². The van der Waals surface area contributed by atoms with Crippen LogP contribution in [0.1, 0.15) is 6.92 Å². The lowest BCUT2D eigenvalue weighted by Crippen LogP contribution is -2.30. The number of hydrogen-bond acceptors (Lipinski definition) is 5. The van der Waals surface area contributed by atoms with Crippen molar-refractivity contribution in [2.45, 2.75) is 6.92 Å². The molecule has 17 heavy (non-hydrogen) atoms. The minimum atomic E-state index is -0.987. The number of nitro groups is 1. The molecule has 1 aromatic heterocycles. The number of likely N-dealkylation sites (N-methyl/N-ethyl adjacent to an activating group) is 1. The lowest BCUT2D eigenvalue weighted by Gasteiger charge is -2.20. The number of halogens is 1. The van der Waals surface area contributed by atoms with Gasteiger partial charge in [-0.1, -0.05) is 0 Å². The molecule has 0 saturated carbocycles. The van der Waals surface area contributed by atoms with E-state index in [2.05, 4.69) is 20.9 Å². The van der Waals surface area contributed by atoms with Crippen molar-refractivity contribution in [2.24, 2.45) is 0 Å². The van der Waals surface area contributed by atoms with Crippen LogP contribution in [-0.4, -0.2) is 34.1 Å². The molecular formula is C9H10BrN3O4. The highest BCUT2D eigenvalue weighted by Crippen LogP contribution is 2.27. The fourth-order valence-corrected chi connectivity index (χ4v) is 1.84. The second-order valence-corrected chi connectivity index (χ2v) is 4.02. The standard InChI is InChI=1S/C9H10BrN3O4/c1-2-12(5-8(14)15)9-7(10)3-6(4-11-9)13(16)17/h3-4H,2,5H2,1H3,(H,14,15). The molecule has 0 spiro atoms. The second kappa shape index (κ2) is 5.58. The van der Waals surface area contributed by atoms with Gasteiger partial charge in [-0.25, -0.2) is 4.98 Å². The van der Waals surface area contributed by atoms with Gasteiger partial charge in [0.25, 0.3) is 5.69 Å². The zero-order valence-electron chi connectivity index (χ0n) is 8.96. The number of anilines is 1. The maximum atomic E-state index is 10.6. The molecule has 0 fully saturated rings. The number of nitrogens with zero attached hydrogens (tertiary/aromatic N) is 3. The molecule has 1 aromatic rings. The molecule has 92 valence electrons. The SMILES string of the molecule is CCN(CC(=O)O)c1ncc([N+](=O)[O-])cc1Br. The smallest absolute Gasteiger partial charge is 0.323 e. The molecule has 0 atom stereocenters. The molecule has 0 aliphatic heterocycles. The highest BCUT2D eigenvalue weighted by atomic mass is 79.9. The van der Waals surface area contributed by atoms with E-state index in [4.69, 9.17) is 5.11 Å². The molecule has 7 nitrogen and oxygen atoms in total. The summed E-state index contributed by atoms with van der Waals surface area (Å²) in [5.74, 6) is -0.612. The van der Waals surface area contributed by atoms with Crippen LogP contribution in [0.2, 0.25) is 0 Å². The molecule has 8 heteroatoms. The van der Waals surface area contributed by atoms with E-state index in [0.29, 0.717) is 16.8 Å². The molecule has 0 saturated heterocycles. The van der Waals surface area contributed by atoms with Gasteiger partial charge in [0.05, 0.1) is 9.40 Å². The highest BCUT2D eigenvalue weighted by molar-refractivity contribution is 9.10. The van der Waals surface area contributed by atoms with E-state index in [1.807, 2.05) is 0 Å². The van der Waals surface area contributed by atoms with Crippen molar-refractivity contribution in [3.63, 3.8) is 0 Å². The Balaban J connectivity index is 3.04. The number of hydrogen-bond donors (Lipinski definition) is 1. The van der Waals surface area contributed by atoms with Crippen molar-refractivity contribution in [1.82, 2.24) is 4.98 Å². The Morgan fingerprint density at radius 1 is 1.71 bits per heavy atom. The molecule has 0 amide bonds. The lowest BCUT2D eigenvalue weighted by molar-refractivity contribution is -0.385. The summed E-state index contributed by atoms with van der Waals surface area (Å²) in [6.07, 6.45) is 1.10. The molecule has 0 unspecified atom stereocenters. The normalized spacial score (nSPS) is 10.0. The number of rotatable bonds is 5. The van der Waals surface area contributed by atoms with Crippen LogP contribution in [-0.2, 0) is 4.79 Å². The minimum absolute atomic E-state index is 0.146. The first-order valence-corrected chi connectivity index (χ1v) is 5.51. The first-order valence-electron chi connectivity index (χ1n) is 4.72. The lowest BCUT2D eigenvalue weighted by atomic mass is 10.3. The Bertz CT molecular complexity index is 452. The summed E-state index contributed by atoms with van der Waals surface area (Å²) >= 11 is 3.15. The predicted octanol–water partition coefficient (Wildman–Crippen LogP) is 1.66. The van der Waals surface area contributed by atoms with Crippen LogP contribution in [0, 0.1) is 10.1 Å². The van der Waals surface area contributed by atoms with Crippen LogP contribution >= 0.6 is 15.9 Å². The molecule has 1 N–H and O–H groups in total. The maximum Gasteiger partial charge on any atom is 0.323 e. The summed E-state index contributed by atoms with van der Waals surface area (Å²) in [6, 6.07) is 1.30. The van der Waals surface area contributed by atoms with Crippen LogP contribution in [0.3, 0.4) is 0 Å². The van der Waals surface area contributed by atoms with Gasteiger partial charge in [0, 0.05) is 12.6 Å². The van der Waals surface area contributed by atoms with Gasteiger partial charge in [0.1, 0.15) is 18.6 Å². The Morgan fingerprint density at radius 2 is 2.35 bits per heavy atom. The van der Waals surface area contributed by atoms with Crippen LogP contribution in [0.25, 0.3) is 0 Å². The summed E-state index contributed by atoms with van der Waals surface area (Å²) in [6.45, 7) is 2.01. The van der Waals surface area contributed by atoms with Crippen LogP contribution < -0.4 is 4.90 Å². The quantitative estimate of drug-likeness (QED) is 0.656. The molecule has 0 radical (unpaired) electrons.